The lowest BCUT2D eigenvalue weighted by Gasteiger charge is -2.19. The van der Waals surface area contributed by atoms with Crippen molar-refractivity contribution in [3.63, 3.8) is 0 Å². The van der Waals surface area contributed by atoms with Crippen molar-refractivity contribution in [2.75, 3.05) is 6.61 Å². The Morgan fingerprint density at radius 1 is 0.460 bits per heavy atom. The molecule has 0 aliphatic rings. The summed E-state index contributed by atoms with van der Waals surface area (Å²) in [6.45, 7) is 4.29. The van der Waals surface area contributed by atoms with Gasteiger partial charge in [-0.15, -0.1) is 0 Å². The Labute approximate surface area is 313 Å². The van der Waals surface area contributed by atoms with Crippen LogP contribution in [-0.4, -0.2) is 34.9 Å². The molecule has 3 N–H and O–H groups in total. The van der Waals surface area contributed by atoms with Gasteiger partial charge < -0.3 is 15.5 Å². The number of hydrogen-bond donors (Lipinski definition) is 3. The molecule has 4 heteroatoms. The molecular weight excluding hydrogens is 615 g/mol. The van der Waals surface area contributed by atoms with Crippen molar-refractivity contribution >= 4 is 5.91 Å². The number of carbonyl (C=O) groups excluding carboxylic acids is 1. The van der Waals surface area contributed by atoms with Gasteiger partial charge in [0.15, 0.2) is 0 Å². The Morgan fingerprint density at radius 2 is 0.780 bits per heavy atom. The first-order valence-electron chi connectivity index (χ1n) is 22.6. The van der Waals surface area contributed by atoms with Crippen LogP contribution in [-0.2, 0) is 4.79 Å². The van der Waals surface area contributed by atoms with Gasteiger partial charge in [0.25, 0.3) is 0 Å². The Balaban J connectivity index is 3.47. The molecule has 0 aromatic rings. The molecule has 0 aromatic carbocycles. The average molecular weight is 704 g/mol. The smallest absolute Gasteiger partial charge is 0.220 e. The number of unbranched alkanes of at least 4 members (excludes halogenated alkanes) is 32. The van der Waals surface area contributed by atoms with E-state index < -0.39 is 12.1 Å². The molecule has 0 rings (SSSR count). The van der Waals surface area contributed by atoms with Crippen LogP contribution in [0.5, 0.6) is 0 Å². The molecule has 0 heterocycles. The van der Waals surface area contributed by atoms with Gasteiger partial charge in [0.05, 0.1) is 18.8 Å². The number of amides is 1. The van der Waals surface area contributed by atoms with Crippen LogP contribution in [0.1, 0.15) is 245 Å². The minimum absolute atomic E-state index is 0.0709. The quantitative estimate of drug-likeness (QED) is 0.0438. The largest absolute Gasteiger partial charge is 0.394 e. The number of hydrogen-bond acceptors (Lipinski definition) is 3. The van der Waals surface area contributed by atoms with Crippen molar-refractivity contribution in [1.82, 2.24) is 5.32 Å². The number of allylic oxidation sites excluding steroid dienone is 3. The van der Waals surface area contributed by atoms with Crippen LogP contribution >= 0.6 is 0 Å². The van der Waals surface area contributed by atoms with Gasteiger partial charge in [0, 0.05) is 6.42 Å². The van der Waals surface area contributed by atoms with Gasteiger partial charge >= 0.3 is 0 Å². The Kier molecular flexibility index (Phi) is 41.3. The van der Waals surface area contributed by atoms with E-state index in [2.05, 4.69) is 31.3 Å². The van der Waals surface area contributed by atoms with Gasteiger partial charge in [-0.25, -0.2) is 0 Å². The first-order valence-corrected chi connectivity index (χ1v) is 22.6. The van der Waals surface area contributed by atoms with Crippen molar-refractivity contribution in [2.45, 2.75) is 257 Å². The fourth-order valence-electron chi connectivity index (χ4n) is 6.96. The molecule has 0 aliphatic carbocycles. The summed E-state index contributed by atoms with van der Waals surface area (Å²) in [5.74, 6) is -0.0709. The van der Waals surface area contributed by atoms with Crippen molar-refractivity contribution in [1.29, 1.82) is 0 Å². The topological polar surface area (TPSA) is 69.6 Å². The van der Waals surface area contributed by atoms with E-state index in [1.165, 1.54) is 193 Å². The number of nitrogens with one attached hydrogen (secondary N) is 1. The Morgan fingerprint density at radius 3 is 1.16 bits per heavy atom. The summed E-state index contributed by atoms with van der Waals surface area (Å²) in [6.07, 6.45) is 54.5. The molecule has 0 saturated carbocycles. The van der Waals surface area contributed by atoms with Crippen molar-refractivity contribution in [2.24, 2.45) is 0 Å². The lowest BCUT2D eigenvalue weighted by molar-refractivity contribution is -0.123. The van der Waals surface area contributed by atoms with E-state index >= 15 is 0 Å². The molecule has 0 radical (unpaired) electrons. The normalized spacial score (nSPS) is 13.1. The van der Waals surface area contributed by atoms with E-state index in [1.807, 2.05) is 6.08 Å². The van der Waals surface area contributed by atoms with Crippen molar-refractivity contribution in [3.8, 4) is 0 Å². The summed E-state index contributed by atoms with van der Waals surface area (Å²) < 4.78 is 0. The SMILES string of the molecule is CCCCCCCC/C=C/CC/C=C/C(O)C(CO)NC(=O)CCCCCCCCCCCCCCCCCCCCCCCCCCCC. The summed E-state index contributed by atoms with van der Waals surface area (Å²) in [4.78, 5) is 12.4. The summed E-state index contributed by atoms with van der Waals surface area (Å²) >= 11 is 0. The average Bonchev–Trinajstić information content (AvgIpc) is 3.12. The second-order valence-corrected chi connectivity index (χ2v) is 15.5. The molecule has 2 unspecified atom stereocenters. The summed E-state index contributed by atoms with van der Waals surface area (Å²) in [5, 5.41) is 22.9. The molecule has 0 bridgehead atoms. The molecule has 296 valence electrons. The molecular formula is C46H89NO3. The highest BCUT2D eigenvalue weighted by molar-refractivity contribution is 5.76. The number of aliphatic hydroxyl groups excluding tert-OH is 2. The fourth-order valence-corrected chi connectivity index (χ4v) is 6.96. The third-order valence-corrected chi connectivity index (χ3v) is 10.4. The second kappa shape index (κ2) is 42.3. The zero-order valence-electron chi connectivity index (χ0n) is 33.9. The van der Waals surface area contributed by atoms with E-state index in [4.69, 9.17) is 0 Å². The van der Waals surface area contributed by atoms with Gasteiger partial charge in [0.2, 0.25) is 5.91 Å². The second-order valence-electron chi connectivity index (χ2n) is 15.5. The van der Waals surface area contributed by atoms with E-state index in [-0.39, 0.29) is 12.5 Å². The monoisotopic (exact) mass is 704 g/mol. The molecule has 1 amide bonds. The van der Waals surface area contributed by atoms with Crippen LogP contribution < -0.4 is 5.32 Å². The van der Waals surface area contributed by atoms with Crippen molar-refractivity contribution < 1.29 is 15.0 Å². The zero-order valence-corrected chi connectivity index (χ0v) is 33.9. The van der Waals surface area contributed by atoms with Crippen molar-refractivity contribution in [3.05, 3.63) is 24.3 Å². The van der Waals surface area contributed by atoms with E-state index in [9.17, 15) is 15.0 Å². The number of aliphatic hydroxyl groups is 2. The highest BCUT2D eigenvalue weighted by atomic mass is 16.3. The van der Waals surface area contributed by atoms with Crippen LogP contribution in [0.4, 0.5) is 0 Å². The number of rotatable bonds is 41. The highest BCUT2D eigenvalue weighted by Gasteiger charge is 2.17. The van der Waals surface area contributed by atoms with Crippen LogP contribution in [0.15, 0.2) is 24.3 Å². The molecule has 50 heavy (non-hydrogen) atoms. The maximum Gasteiger partial charge on any atom is 0.220 e. The Bertz CT molecular complexity index is 720. The molecule has 0 aromatic heterocycles. The molecule has 2 atom stereocenters. The van der Waals surface area contributed by atoms with E-state index in [1.54, 1.807) is 6.08 Å². The van der Waals surface area contributed by atoms with Gasteiger partial charge in [0.1, 0.15) is 0 Å². The minimum atomic E-state index is -0.857. The summed E-state index contributed by atoms with van der Waals surface area (Å²) in [6, 6.07) is -0.633. The lowest BCUT2D eigenvalue weighted by Crippen LogP contribution is -2.45. The van der Waals surface area contributed by atoms with Gasteiger partial charge in [-0.2, -0.15) is 0 Å². The molecule has 4 nitrogen and oxygen atoms in total. The predicted molar refractivity (Wildman–Crippen MR) is 221 cm³/mol. The lowest BCUT2D eigenvalue weighted by atomic mass is 10.0. The first-order chi connectivity index (χ1) is 24.7. The van der Waals surface area contributed by atoms with Crippen LogP contribution in [0.3, 0.4) is 0 Å². The van der Waals surface area contributed by atoms with Crippen LogP contribution in [0.25, 0.3) is 0 Å². The highest BCUT2D eigenvalue weighted by Crippen LogP contribution is 2.16. The molecule has 0 saturated heterocycles. The van der Waals surface area contributed by atoms with Gasteiger partial charge in [-0.1, -0.05) is 231 Å². The maximum absolute atomic E-state index is 12.4. The predicted octanol–water partition coefficient (Wildman–Crippen LogP) is 14.0. The third-order valence-electron chi connectivity index (χ3n) is 10.4. The number of carbonyl (C=O) groups is 1. The summed E-state index contributed by atoms with van der Waals surface area (Å²) in [7, 11) is 0. The zero-order chi connectivity index (χ0) is 36.4. The maximum atomic E-state index is 12.4. The van der Waals surface area contributed by atoms with Gasteiger partial charge in [-0.05, 0) is 32.1 Å². The van der Waals surface area contributed by atoms with E-state index in [0.717, 1.165) is 32.1 Å². The van der Waals surface area contributed by atoms with Gasteiger partial charge in [-0.3, -0.25) is 4.79 Å². The fraction of sp³-hybridized carbons (Fsp3) is 0.891. The van der Waals surface area contributed by atoms with Crippen LogP contribution in [0.2, 0.25) is 0 Å². The third kappa shape index (κ3) is 38.1. The first kappa shape index (κ1) is 48.9. The standard InChI is InChI=1S/C46H89NO3/c1-3-5-7-9-11-13-15-17-18-19-20-21-22-23-24-25-26-27-28-29-30-32-34-36-38-40-42-46(50)47-44(43-48)45(49)41-39-37-35-33-31-16-14-12-10-8-6-4-2/h31,33,39,41,44-45,48-49H,3-30,32,34-38,40,42-43H2,1-2H3,(H,47,50)/b33-31+,41-39+. The molecule has 0 aliphatic heterocycles. The molecule has 0 fully saturated rings. The summed E-state index contributed by atoms with van der Waals surface area (Å²) in [5.41, 5.74) is 0. The van der Waals surface area contributed by atoms with Crippen LogP contribution in [0, 0.1) is 0 Å². The Hall–Kier alpha value is -1.13. The minimum Gasteiger partial charge on any atom is -0.394 e. The molecule has 0 spiro atoms. The van der Waals surface area contributed by atoms with E-state index in [0.29, 0.717) is 6.42 Å².